The molecule has 22 heavy (non-hydrogen) atoms. The van der Waals surface area contributed by atoms with Crippen molar-refractivity contribution >= 4 is 17.6 Å². The van der Waals surface area contributed by atoms with Crippen LogP contribution in [-0.2, 0) is 4.74 Å². The third kappa shape index (κ3) is 3.59. The van der Waals surface area contributed by atoms with Crippen LogP contribution in [-0.4, -0.2) is 54.5 Å². The number of aromatic nitrogens is 2. The summed E-state index contributed by atoms with van der Waals surface area (Å²) in [6.45, 7) is 2.30. The number of rotatable bonds is 6. The molecule has 2 heterocycles. The average molecular weight is 307 g/mol. The first-order valence-electron chi connectivity index (χ1n) is 7.91. The molecule has 0 aromatic carbocycles. The lowest BCUT2D eigenvalue weighted by Crippen LogP contribution is -2.43. The molecule has 2 fully saturated rings. The molecule has 0 spiro atoms. The predicted molar refractivity (Wildman–Crippen MR) is 85.9 cm³/mol. The molecule has 1 aromatic heterocycles. The van der Waals surface area contributed by atoms with Crippen molar-refractivity contribution in [2.24, 2.45) is 5.41 Å². The smallest absolute Gasteiger partial charge is 0.223 e. The Labute approximate surface area is 130 Å². The maximum Gasteiger partial charge on any atom is 0.223 e. The van der Waals surface area contributed by atoms with Crippen molar-refractivity contribution in [1.82, 2.24) is 9.97 Å². The Morgan fingerprint density at radius 3 is 2.77 bits per heavy atom. The molecule has 0 atom stereocenters. The number of ether oxygens (including phenoxy) is 1. The minimum atomic E-state index is -0.128. The maximum atomic E-state index is 9.82. The molecule has 2 aliphatic rings. The minimum absolute atomic E-state index is 0.128. The Kier molecular flexibility index (Phi) is 4.35. The van der Waals surface area contributed by atoms with E-state index in [9.17, 15) is 5.11 Å². The summed E-state index contributed by atoms with van der Waals surface area (Å²) in [4.78, 5) is 10.6. The molecule has 1 aromatic rings. The van der Waals surface area contributed by atoms with Crippen LogP contribution < -0.4 is 16.0 Å². The van der Waals surface area contributed by atoms with E-state index in [2.05, 4.69) is 20.2 Å². The van der Waals surface area contributed by atoms with Crippen LogP contribution in [0, 0.1) is 5.41 Å². The van der Waals surface area contributed by atoms with Crippen molar-refractivity contribution in [3.63, 3.8) is 0 Å². The predicted octanol–water partition coefficient (Wildman–Crippen LogP) is 0.858. The summed E-state index contributed by atoms with van der Waals surface area (Å²) < 4.78 is 5.42. The van der Waals surface area contributed by atoms with Gasteiger partial charge in [0, 0.05) is 44.3 Å². The van der Waals surface area contributed by atoms with Gasteiger partial charge in [-0.05, 0) is 25.7 Å². The zero-order chi connectivity index (χ0) is 15.6. The topological polar surface area (TPSA) is 96.5 Å². The molecule has 3 rings (SSSR count). The lowest BCUT2D eigenvalue weighted by atomic mass is 9.80. The van der Waals surface area contributed by atoms with E-state index < -0.39 is 0 Å². The van der Waals surface area contributed by atoms with Gasteiger partial charge in [-0.1, -0.05) is 0 Å². The number of nitrogens with zero attached hydrogens (tertiary/aromatic N) is 3. The number of nitrogens with two attached hydrogens (primary N) is 1. The highest BCUT2D eigenvalue weighted by Crippen LogP contribution is 2.32. The van der Waals surface area contributed by atoms with Crippen LogP contribution in [0.15, 0.2) is 6.07 Å². The van der Waals surface area contributed by atoms with Crippen LogP contribution in [0.25, 0.3) is 0 Å². The largest absolute Gasteiger partial charge is 0.396 e. The highest BCUT2D eigenvalue weighted by molar-refractivity contribution is 5.53. The van der Waals surface area contributed by atoms with Crippen LogP contribution in [0.1, 0.15) is 25.7 Å². The summed E-state index contributed by atoms with van der Waals surface area (Å²) in [5.41, 5.74) is 5.71. The molecular weight excluding hydrogens is 282 g/mol. The highest BCUT2D eigenvalue weighted by Gasteiger charge is 2.33. The molecular formula is C15H25N5O2. The summed E-state index contributed by atoms with van der Waals surface area (Å²) in [6, 6.07) is 2.45. The quantitative estimate of drug-likeness (QED) is 0.717. The van der Waals surface area contributed by atoms with Gasteiger partial charge in [-0.25, -0.2) is 0 Å². The third-order valence-corrected chi connectivity index (χ3v) is 4.51. The number of nitrogen functional groups attached to an aromatic ring is 1. The van der Waals surface area contributed by atoms with Gasteiger partial charge in [0.2, 0.25) is 5.95 Å². The van der Waals surface area contributed by atoms with E-state index in [0.717, 1.165) is 31.0 Å². The Morgan fingerprint density at radius 1 is 1.41 bits per heavy atom. The number of anilines is 3. The Bertz CT molecular complexity index is 515. The van der Waals surface area contributed by atoms with Gasteiger partial charge >= 0.3 is 0 Å². The molecule has 0 amide bonds. The fourth-order valence-corrected chi connectivity index (χ4v) is 2.91. The Balaban J connectivity index is 1.72. The number of hydrogen-bond acceptors (Lipinski definition) is 7. The van der Waals surface area contributed by atoms with Crippen LogP contribution in [0.3, 0.4) is 0 Å². The van der Waals surface area contributed by atoms with Crippen LogP contribution in [0.2, 0.25) is 0 Å². The molecule has 4 N–H and O–H groups in total. The van der Waals surface area contributed by atoms with Crippen LogP contribution in [0.5, 0.6) is 0 Å². The molecule has 0 bridgehead atoms. The third-order valence-electron chi connectivity index (χ3n) is 4.51. The second kappa shape index (κ2) is 6.26. The first-order chi connectivity index (χ1) is 10.6. The van der Waals surface area contributed by atoms with E-state index in [0.29, 0.717) is 19.3 Å². The molecule has 1 saturated carbocycles. The van der Waals surface area contributed by atoms with Gasteiger partial charge in [0.25, 0.3) is 0 Å². The van der Waals surface area contributed by atoms with Crippen molar-refractivity contribution in [3.05, 3.63) is 6.07 Å². The molecule has 0 unspecified atom stereocenters. The summed E-state index contributed by atoms with van der Waals surface area (Å²) >= 11 is 0. The van der Waals surface area contributed by atoms with Gasteiger partial charge in [-0.2, -0.15) is 9.97 Å². The van der Waals surface area contributed by atoms with Crippen molar-refractivity contribution in [2.75, 3.05) is 49.4 Å². The maximum absolute atomic E-state index is 9.82. The molecule has 1 aliphatic carbocycles. The van der Waals surface area contributed by atoms with Crippen molar-refractivity contribution < 1.29 is 9.84 Å². The second-order valence-electron chi connectivity index (χ2n) is 6.51. The van der Waals surface area contributed by atoms with Gasteiger partial charge < -0.3 is 25.8 Å². The average Bonchev–Trinajstić information content (AvgIpc) is 3.31. The molecule has 1 aliphatic heterocycles. The van der Waals surface area contributed by atoms with E-state index in [-0.39, 0.29) is 18.0 Å². The van der Waals surface area contributed by atoms with E-state index >= 15 is 0 Å². The van der Waals surface area contributed by atoms with Gasteiger partial charge in [0.05, 0.1) is 6.61 Å². The lowest BCUT2D eigenvalue weighted by Gasteiger charge is -2.38. The fourth-order valence-electron chi connectivity index (χ4n) is 2.91. The lowest BCUT2D eigenvalue weighted by molar-refractivity contribution is -0.0113. The SMILES string of the molecule is CN(CC1(CO)CCOCC1)c1cc(NC2CC2)nc(N)n1. The summed E-state index contributed by atoms with van der Waals surface area (Å²) in [6.07, 6.45) is 4.09. The summed E-state index contributed by atoms with van der Waals surface area (Å²) in [5.74, 6) is 1.84. The van der Waals surface area contributed by atoms with Crippen molar-refractivity contribution in [3.8, 4) is 0 Å². The van der Waals surface area contributed by atoms with E-state index in [1.165, 1.54) is 12.8 Å². The van der Waals surface area contributed by atoms with E-state index in [4.69, 9.17) is 10.5 Å². The van der Waals surface area contributed by atoms with E-state index in [1.54, 1.807) is 0 Å². The second-order valence-corrected chi connectivity index (χ2v) is 6.51. The van der Waals surface area contributed by atoms with Crippen molar-refractivity contribution in [2.45, 2.75) is 31.7 Å². The number of hydrogen-bond donors (Lipinski definition) is 3. The fraction of sp³-hybridized carbons (Fsp3) is 0.733. The van der Waals surface area contributed by atoms with Gasteiger partial charge in [0.15, 0.2) is 0 Å². The monoisotopic (exact) mass is 307 g/mol. The summed E-state index contributed by atoms with van der Waals surface area (Å²) in [7, 11) is 1.98. The summed E-state index contributed by atoms with van der Waals surface area (Å²) in [5, 5.41) is 13.2. The normalized spacial score (nSPS) is 20.6. The van der Waals surface area contributed by atoms with E-state index in [1.807, 2.05) is 13.1 Å². The molecule has 1 saturated heterocycles. The zero-order valence-corrected chi connectivity index (χ0v) is 13.1. The standard InChI is InChI=1S/C15H25N5O2/c1-20(9-15(10-21)4-6-22-7-5-15)13-8-12(17-11-2-3-11)18-14(16)19-13/h8,11,21H,2-7,9-10H2,1H3,(H3,16,17,18,19). The van der Waals surface area contributed by atoms with Crippen LogP contribution >= 0.6 is 0 Å². The van der Waals surface area contributed by atoms with Crippen molar-refractivity contribution in [1.29, 1.82) is 0 Å². The Hall–Kier alpha value is -1.60. The van der Waals surface area contributed by atoms with Gasteiger partial charge in [-0.3, -0.25) is 0 Å². The number of aliphatic hydroxyl groups excluding tert-OH is 1. The van der Waals surface area contributed by atoms with Gasteiger partial charge in [0.1, 0.15) is 11.6 Å². The highest BCUT2D eigenvalue weighted by atomic mass is 16.5. The molecule has 0 radical (unpaired) electrons. The number of aliphatic hydroxyl groups is 1. The molecule has 7 nitrogen and oxygen atoms in total. The minimum Gasteiger partial charge on any atom is -0.396 e. The van der Waals surface area contributed by atoms with Crippen LogP contribution in [0.4, 0.5) is 17.6 Å². The number of nitrogens with one attached hydrogen (secondary N) is 1. The molecule has 122 valence electrons. The zero-order valence-electron chi connectivity index (χ0n) is 13.1. The first-order valence-corrected chi connectivity index (χ1v) is 7.91. The molecule has 7 heteroatoms. The Morgan fingerprint density at radius 2 is 2.14 bits per heavy atom. The first kappa shape index (κ1) is 15.3. The van der Waals surface area contributed by atoms with Gasteiger partial charge in [-0.15, -0.1) is 0 Å².